The molecule has 3 amide bonds. The van der Waals surface area contributed by atoms with Gasteiger partial charge in [0, 0.05) is 8.95 Å². The number of rotatable bonds is 5. The van der Waals surface area contributed by atoms with Crippen LogP contribution in [0.2, 0.25) is 0 Å². The highest BCUT2D eigenvalue weighted by molar-refractivity contribution is 9.10. The molecule has 1 aliphatic rings. The SMILES string of the molecule is CCOC(=O)CN1C(=O)NC(c2ccc(Br)cc2)(c2ccc(Br)cc2)C1=O. The van der Waals surface area contributed by atoms with Crippen molar-refractivity contribution in [3.8, 4) is 0 Å². The lowest BCUT2D eigenvalue weighted by Gasteiger charge is -2.28. The molecule has 1 aliphatic heterocycles. The van der Waals surface area contributed by atoms with Gasteiger partial charge in [0.2, 0.25) is 0 Å². The molecule has 0 saturated carbocycles. The predicted octanol–water partition coefficient (Wildman–Crippen LogP) is 3.57. The van der Waals surface area contributed by atoms with Gasteiger partial charge >= 0.3 is 12.0 Å². The number of benzene rings is 2. The van der Waals surface area contributed by atoms with Crippen LogP contribution in [-0.4, -0.2) is 36.0 Å². The normalized spacial score (nSPS) is 15.6. The molecule has 6 nitrogen and oxygen atoms in total. The second-order valence-corrected chi connectivity index (χ2v) is 7.72. The summed E-state index contributed by atoms with van der Waals surface area (Å²) in [6.45, 7) is 1.40. The predicted molar refractivity (Wildman–Crippen MR) is 106 cm³/mol. The molecule has 0 aromatic heterocycles. The molecule has 2 aromatic carbocycles. The Bertz CT molecular complexity index is 836. The maximum atomic E-state index is 13.4. The van der Waals surface area contributed by atoms with E-state index in [2.05, 4.69) is 37.2 Å². The van der Waals surface area contributed by atoms with Crippen LogP contribution in [0.5, 0.6) is 0 Å². The number of halogens is 2. The van der Waals surface area contributed by atoms with Crippen molar-refractivity contribution in [3.05, 3.63) is 68.6 Å². The van der Waals surface area contributed by atoms with Gasteiger partial charge in [0.15, 0.2) is 5.54 Å². The van der Waals surface area contributed by atoms with Gasteiger partial charge in [-0.1, -0.05) is 56.1 Å². The molecule has 0 atom stereocenters. The lowest BCUT2D eigenvalue weighted by atomic mass is 9.82. The van der Waals surface area contributed by atoms with E-state index in [1.165, 1.54) is 0 Å². The van der Waals surface area contributed by atoms with Crippen LogP contribution in [0.4, 0.5) is 4.79 Å². The first kappa shape index (κ1) is 19.6. The summed E-state index contributed by atoms with van der Waals surface area (Å²) in [5.41, 5.74) is -0.221. The second-order valence-electron chi connectivity index (χ2n) is 5.89. The van der Waals surface area contributed by atoms with Crippen molar-refractivity contribution in [1.82, 2.24) is 10.2 Å². The molecule has 2 aromatic rings. The Morgan fingerprint density at radius 3 is 1.93 bits per heavy atom. The molecule has 140 valence electrons. The molecule has 1 saturated heterocycles. The zero-order valence-corrected chi connectivity index (χ0v) is 17.5. The molecule has 1 fully saturated rings. The van der Waals surface area contributed by atoms with Crippen LogP contribution < -0.4 is 5.32 Å². The Morgan fingerprint density at radius 2 is 1.48 bits per heavy atom. The van der Waals surface area contributed by atoms with E-state index in [-0.39, 0.29) is 6.61 Å². The van der Waals surface area contributed by atoms with E-state index < -0.39 is 30.0 Å². The van der Waals surface area contributed by atoms with Crippen molar-refractivity contribution in [2.24, 2.45) is 0 Å². The molecule has 1 heterocycles. The Labute approximate surface area is 173 Å². The zero-order chi connectivity index (χ0) is 19.6. The standard InChI is InChI=1S/C19H16Br2N2O4/c1-2-27-16(24)11-23-17(25)19(22-18(23)26,12-3-7-14(20)8-4-12)13-5-9-15(21)10-6-13/h3-10H,2,11H2,1H3,(H,22,26). The molecule has 1 N–H and O–H groups in total. The van der Waals surface area contributed by atoms with Crippen LogP contribution in [0.1, 0.15) is 18.1 Å². The third-order valence-corrected chi connectivity index (χ3v) is 5.31. The van der Waals surface area contributed by atoms with Crippen molar-refractivity contribution in [1.29, 1.82) is 0 Å². The van der Waals surface area contributed by atoms with Crippen LogP contribution >= 0.6 is 31.9 Å². The summed E-state index contributed by atoms with van der Waals surface area (Å²) in [5, 5.41) is 2.79. The summed E-state index contributed by atoms with van der Waals surface area (Å²) >= 11 is 6.75. The lowest BCUT2D eigenvalue weighted by molar-refractivity contribution is -0.147. The molecule has 8 heteroatoms. The fourth-order valence-electron chi connectivity index (χ4n) is 3.01. The van der Waals surface area contributed by atoms with Crippen molar-refractivity contribution in [2.75, 3.05) is 13.2 Å². The highest BCUT2D eigenvalue weighted by Gasteiger charge is 2.54. The largest absolute Gasteiger partial charge is 0.465 e. The van der Waals surface area contributed by atoms with E-state index in [4.69, 9.17) is 4.74 Å². The smallest absolute Gasteiger partial charge is 0.326 e. The van der Waals surface area contributed by atoms with Crippen molar-refractivity contribution in [2.45, 2.75) is 12.5 Å². The van der Waals surface area contributed by atoms with E-state index in [1.807, 2.05) is 0 Å². The zero-order valence-electron chi connectivity index (χ0n) is 14.4. The van der Waals surface area contributed by atoms with Gasteiger partial charge in [0.05, 0.1) is 6.61 Å². The molecule has 3 rings (SSSR count). The summed E-state index contributed by atoms with van der Waals surface area (Å²) in [6, 6.07) is 13.6. The molecule has 0 radical (unpaired) electrons. The summed E-state index contributed by atoms with van der Waals surface area (Å²) in [5.74, 6) is -1.16. The van der Waals surface area contributed by atoms with Crippen LogP contribution in [0, 0.1) is 0 Å². The Balaban J connectivity index is 2.09. The van der Waals surface area contributed by atoms with Gasteiger partial charge in [0.25, 0.3) is 5.91 Å². The van der Waals surface area contributed by atoms with Crippen molar-refractivity contribution in [3.63, 3.8) is 0 Å². The fraction of sp³-hybridized carbons (Fsp3) is 0.211. The van der Waals surface area contributed by atoms with E-state index in [9.17, 15) is 14.4 Å². The lowest BCUT2D eigenvalue weighted by Crippen LogP contribution is -2.45. The highest BCUT2D eigenvalue weighted by atomic mass is 79.9. The average molecular weight is 496 g/mol. The van der Waals surface area contributed by atoms with Gasteiger partial charge in [-0.15, -0.1) is 0 Å². The van der Waals surface area contributed by atoms with Crippen LogP contribution in [0.25, 0.3) is 0 Å². The number of amides is 3. The van der Waals surface area contributed by atoms with E-state index >= 15 is 0 Å². The van der Waals surface area contributed by atoms with Gasteiger partial charge in [-0.2, -0.15) is 0 Å². The quantitative estimate of drug-likeness (QED) is 0.508. The summed E-state index contributed by atoms with van der Waals surface area (Å²) in [7, 11) is 0. The molecule has 0 spiro atoms. The number of imide groups is 1. The number of esters is 1. The number of carbonyl (C=O) groups excluding carboxylic acids is 3. The Kier molecular flexibility index (Phi) is 5.67. The minimum atomic E-state index is -1.41. The first-order valence-electron chi connectivity index (χ1n) is 8.20. The summed E-state index contributed by atoms with van der Waals surface area (Å²) in [6.07, 6.45) is 0. The summed E-state index contributed by atoms with van der Waals surface area (Å²) in [4.78, 5) is 38.7. The van der Waals surface area contributed by atoms with Crippen molar-refractivity contribution < 1.29 is 19.1 Å². The topological polar surface area (TPSA) is 75.7 Å². The van der Waals surface area contributed by atoms with Crippen LogP contribution in [-0.2, 0) is 19.9 Å². The molecular formula is C19H16Br2N2O4. The van der Waals surface area contributed by atoms with Gasteiger partial charge in [-0.05, 0) is 42.3 Å². The number of nitrogens with zero attached hydrogens (tertiary/aromatic N) is 1. The first-order chi connectivity index (χ1) is 12.9. The van der Waals surface area contributed by atoms with Crippen LogP contribution in [0.3, 0.4) is 0 Å². The third-order valence-electron chi connectivity index (χ3n) is 4.25. The number of urea groups is 1. The molecular weight excluding hydrogens is 480 g/mol. The van der Waals surface area contributed by atoms with E-state index in [1.54, 1.807) is 55.5 Å². The monoisotopic (exact) mass is 494 g/mol. The number of nitrogens with one attached hydrogen (secondary N) is 1. The minimum Gasteiger partial charge on any atom is -0.465 e. The van der Waals surface area contributed by atoms with Gasteiger partial charge in [-0.25, -0.2) is 4.79 Å². The summed E-state index contributed by atoms with van der Waals surface area (Å²) < 4.78 is 6.58. The molecule has 0 bridgehead atoms. The molecule has 27 heavy (non-hydrogen) atoms. The van der Waals surface area contributed by atoms with Gasteiger partial charge < -0.3 is 10.1 Å². The first-order valence-corrected chi connectivity index (χ1v) is 9.79. The maximum Gasteiger partial charge on any atom is 0.326 e. The number of hydrogen-bond acceptors (Lipinski definition) is 4. The maximum absolute atomic E-state index is 13.4. The van der Waals surface area contributed by atoms with E-state index in [0.717, 1.165) is 13.8 Å². The number of ether oxygens (including phenoxy) is 1. The Hall–Kier alpha value is -2.19. The van der Waals surface area contributed by atoms with Crippen LogP contribution in [0.15, 0.2) is 57.5 Å². The fourth-order valence-corrected chi connectivity index (χ4v) is 3.54. The van der Waals surface area contributed by atoms with Gasteiger partial charge in [-0.3, -0.25) is 14.5 Å². The number of carbonyl (C=O) groups is 3. The average Bonchev–Trinajstić information content (AvgIpc) is 2.89. The Morgan fingerprint density at radius 1 is 1.00 bits per heavy atom. The van der Waals surface area contributed by atoms with Gasteiger partial charge in [0.1, 0.15) is 6.54 Å². The van der Waals surface area contributed by atoms with E-state index in [0.29, 0.717) is 11.1 Å². The molecule has 0 aliphatic carbocycles. The molecule has 0 unspecified atom stereocenters. The highest BCUT2D eigenvalue weighted by Crippen LogP contribution is 2.37. The number of hydrogen-bond donors (Lipinski definition) is 1. The third kappa shape index (κ3) is 3.64. The van der Waals surface area contributed by atoms with Crippen molar-refractivity contribution >= 4 is 49.8 Å². The second kappa shape index (κ2) is 7.82. The minimum absolute atomic E-state index is 0.174.